The summed E-state index contributed by atoms with van der Waals surface area (Å²) in [6, 6.07) is 8.18. The van der Waals surface area contributed by atoms with Crippen molar-refractivity contribution in [3.8, 4) is 11.8 Å². The second kappa shape index (κ2) is 10.1. The Kier molecular flexibility index (Phi) is 7.47. The van der Waals surface area contributed by atoms with Crippen molar-refractivity contribution in [1.82, 2.24) is 25.0 Å². The normalized spacial score (nSPS) is 15.4. The topological polar surface area (TPSA) is 83.3 Å². The molecular formula is C24H33N5O2. The maximum absolute atomic E-state index is 12.1. The van der Waals surface area contributed by atoms with Crippen molar-refractivity contribution in [2.24, 2.45) is 5.92 Å². The quantitative estimate of drug-likeness (QED) is 0.696. The van der Waals surface area contributed by atoms with Gasteiger partial charge in [0.05, 0.1) is 6.54 Å². The lowest BCUT2D eigenvalue weighted by Gasteiger charge is -2.19. The van der Waals surface area contributed by atoms with Gasteiger partial charge in [0, 0.05) is 44.1 Å². The van der Waals surface area contributed by atoms with Crippen molar-refractivity contribution in [3.05, 3.63) is 47.0 Å². The molecule has 2 N–H and O–H groups in total. The van der Waals surface area contributed by atoms with E-state index in [0.717, 1.165) is 56.2 Å². The third-order valence-electron chi connectivity index (χ3n) is 5.55. The van der Waals surface area contributed by atoms with Crippen LogP contribution in [-0.2, 0) is 30.8 Å². The zero-order valence-electron chi connectivity index (χ0n) is 19.0. The van der Waals surface area contributed by atoms with Crippen molar-refractivity contribution in [2.45, 2.75) is 65.8 Å². The van der Waals surface area contributed by atoms with E-state index in [1.165, 1.54) is 5.56 Å². The Morgan fingerprint density at radius 2 is 1.97 bits per heavy atom. The minimum absolute atomic E-state index is 0.00881. The average Bonchev–Trinajstić information content (AvgIpc) is 3.02. The molecule has 0 saturated heterocycles. The summed E-state index contributed by atoms with van der Waals surface area (Å²) in [5.41, 5.74) is 1.14. The highest BCUT2D eigenvalue weighted by molar-refractivity contribution is 5.78. The maximum Gasteiger partial charge on any atom is 0.223 e. The highest BCUT2D eigenvalue weighted by atomic mass is 16.3. The van der Waals surface area contributed by atoms with Gasteiger partial charge in [-0.05, 0) is 38.0 Å². The third-order valence-corrected chi connectivity index (χ3v) is 5.55. The predicted molar refractivity (Wildman–Crippen MR) is 120 cm³/mol. The number of aliphatic hydroxyl groups is 1. The Balaban J connectivity index is 1.56. The summed E-state index contributed by atoms with van der Waals surface area (Å²) in [4.78, 5) is 14.5. The third kappa shape index (κ3) is 6.65. The molecule has 1 aliphatic rings. The van der Waals surface area contributed by atoms with Crippen molar-refractivity contribution in [3.63, 3.8) is 0 Å². The minimum Gasteiger partial charge on any atom is -0.378 e. The molecular weight excluding hydrogens is 390 g/mol. The van der Waals surface area contributed by atoms with Crippen LogP contribution >= 0.6 is 0 Å². The molecule has 0 saturated carbocycles. The second-order valence-corrected chi connectivity index (χ2v) is 8.74. The number of hydrogen-bond donors (Lipinski definition) is 2. The molecule has 0 aliphatic carbocycles. The first kappa shape index (κ1) is 23.0. The standard InChI is InChI=1S/C24H33N5O2/c1-5-18(2)23(30)25-16-22-27-26-21-11-13-28(14-15-29(21)22)17-20-8-6-19(7-9-20)10-12-24(3,4)31/h6-9,18,31H,5,11,13-17H2,1-4H3,(H,25,30). The van der Waals surface area contributed by atoms with Gasteiger partial charge in [-0.25, -0.2) is 0 Å². The molecule has 1 aromatic carbocycles. The second-order valence-electron chi connectivity index (χ2n) is 8.74. The number of amides is 1. The van der Waals surface area contributed by atoms with Crippen LogP contribution in [0.3, 0.4) is 0 Å². The van der Waals surface area contributed by atoms with Gasteiger partial charge in [0.25, 0.3) is 0 Å². The number of nitrogens with one attached hydrogen (secondary N) is 1. The molecule has 31 heavy (non-hydrogen) atoms. The molecule has 2 aromatic rings. The van der Waals surface area contributed by atoms with E-state index >= 15 is 0 Å². The van der Waals surface area contributed by atoms with Crippen LogP contribution in [0.15, 0.2) is 24.3 Å². The summed E-state index contributed by atoms with van der Waals surface area (Å²) in [5.74, 6) is 7.72. The van der Waals surface area contributed by atoms with Crippen LogP contribution in [-0.4, -0.2) is 49.4 Å². The highest BCUT2D eigenvalue weighted by Gasteiger charge is 2.19. The molecule has 0 bridgehead atoms. The van der Waals surface area contributed by atoms with E-state index in [4.69, 9.17) is 0 Å². The van der Waals surface area contributed by atoms with E-state index in [1.54, 1.807) is 13.8 Å². The lowest BCUT2D eigenvalue weighted by Crippen LogP contribution is -2.30. The molecule has 1 atom stereocenters. The van der Waals surface area contributed by atoms with Gasteiger partial charge < -0.3 is 15.0 Å². The molecule has 0 spiro atoms. The Bertz CT molecular complexity index is 947. The van der Waals surface area contributed by atoms with Crippen molar-refractivity contribution >= 4 is 5.91 Å². The van der Waals surface area contributed by atoms with Crippen LogP contribution < -0.4 is 5.32 Å². The van der Waals surface area contributed by atoms with E-state index in [-0.39, 0.29) is 11.8 Å². The summed E-state index contributed by atoms with van der Waals surface area (Å²) >= 11 is 0. The number of nitrogens with zero attached hydrogens (tertiary/aromatic N) is 4. The first-order chi connectivity index (χ1) is 14.7. The van der Waals surface area contributed by atoms with Gasteiger partial charge in [0.15, 0.2) is 5.82 Å². The van der Waals surface area contributed by atoms with E-state index in [2.05, 4.69) is 49.0 Å². The van der Waals surface area contributed by atoms with Crippen molar-refractivity contribution in [2.75, 3.05) is 13.1 Å². The largest absolute Gasteiger partial charge is 0.378 e. The molecule has 166 valence electrons. The Morgan fingerprint density at radius 3 is 2.65 bits per heavy atom. The molecule has 0 radical (unpaired) electrons. The van der Waals surface area contributed by atoms with Crippen molar-refractivity contribution < 1.29 is 9.90 Å². The van der Waals surface area contributed by atoms with Crippen LogP contribution in [0, 0.1) is 17.8 Å². The van der Waals surface area contributed by atoms with Gasteiger partial charge in [0.2, 0.25) is 5.91 Å². The van der Waals surface area contributed by atoms with Gasteiger partial charge in [-0.15, -0.1) is 10.2 Å². The zero-order chi connectivity index (χ0) is 22.4. The van der Waals surface area contributed by atoms with Gasteiger partial charge in [-0.2, -0.15) is 0 Å². The lowest BCUT2D eigenvalue weighted by molar-refractivity contribution is -0.124. The average molecular weight is 424 g/mol. The van der Waals surface area contributed by atoms with E-state index in [0.29, 0.717) is 6.54 Å². The Morgan fingerprint density at radius 1 is 1.23 bits per heavy atom. The number of hydrogen-bond acceptors (Lipinski definition) is 5. The van der Waals surface area contributed by atoms with E-state index in [9.17, 15) is 9.90 Å². The van der Waals surface area contributed by atoms with Gasteiger partial charge in [-0.1, -0.05) is 37.8 Å². The summed E-state index contributed by atoms with van der Waals surface area (Å²) in [6.45, 7) is 11.2. The molecule has 3 rings (SSSR count). The molecule has 7 heteroatoms. The highest BCUT2D eigenvalue weighted by Crippen LogP contribution is 2.14. The molecule has 1 unspecified atom stereocenters. The summed E-state index contributed by atoms with van der Waals surface area (Å²) in [7, 11) is 0. The number of carbonyl (C=O) groups is 1. The van der Waals surface area contributed by atoms with Crippen LogP contribution in [0.5, 0.6) is 0 Å². The summed E-state index contributed by atoms with van der Waals surface area (Å²) in [5, 5.41) is 21.4. The molecule has 1 aliphatic heterocycles. The van der Waals surface area contributed by atoms with E-state index in [1.807, 2.05) is 26.0 Å². The first-order valence-corrected chi connectivity index (χ1v) is 11.0. The molecule has 2 heterocycles. The SMILES string of the molecule is CCC(C)C(=O)NCc1nnc2n1CCN(Cc1ccc(C#CC(C)(C)O)cc1)CC2. The zero-order valence-corrected chi connectivity index (χ0v) is 19.0. The van der Waals surface area contributed by atoms with Gasteiger partial charge in [0.1, 0.15) is 11.4 Å². The Hall–Kier alpha value is -2.69. The number of fused-ring (bicyclic) bond motifs is 1. The maximum atomic E-state index is 12.1. The van der Waals surface area contributed by atoms with Crippen LogP contribution in [0.4, 0.5) is 0 Å². The molecule has 1 aromatic heterocycles. The minimum atomic E-state index is -0.986. The van der Waals surface area contributed by atoms with Crippen LogP contribution in [0.25, 0.3) is 0 Å². The lowest BCUT2D eigenvalue weighted by atomic mass is 10.1. The monoisotopic (exact) mass is 423 g/mol. The predicted octanol–water partition coefficient (Wildman–Crippen LogP) is 2.12. The molecule has 1 amide bonds. The van der Waals surface area contributed by atoms with Crippen molar-refractivity contribution in [1.29, 1.82) is 0 Å². The van der Waals surface area contributed by atoms with Gasteiger partial charge in [-0.3, -0.25) is 9.69 Å². The summed E-state index contributed by atoms with van der Waals surface area (Å²) in [6.07, 6.45) is 1.66. The van der Waals surface area contributed by atoms with Crippen LogP contribution in [0.2, 0.25) is 0 Å². The Labute approximate surface area is 184 Å². The smallest absolute Gasteiger partial charge is 0.223 e. The fraction of sp³-hybridized carbons (Fsp3) is 0.542. The fourth-order valence-electron chi connectivity index (χ4n) is 3.42. The fourth-order valence-corrected chi connectivity index (χ4v) is 3.42. The number of aromatic nitrogens is 3. The molecule has 7 nitrogen and oxygen atoms in total. The van der Waals surface area contributed by atoms with Crippen LogP contribution in [0.1, 0.15) is 56.9 Å². The molecule has 0 fully saturated rings. The number of rotatable bonds is 6. The summed E-state index contributed by atoms with van der Waals surface area (Å²) < 4.78 is 2.15. The number of benzene rings is 1. The first-order valence-electron chi connectivity index (χ1n) is 11.0. The van der Waals surface area contributed by atoms with Gasteiger partial charge >= 0.3 is 0 Å². The number of carbonyl (C=O) groups excluding carboxylic acids is 1. The van der Waals surface area contributed by atoms with E-state index < -0.39 is 5.60 Å².